The molecule has 0 spiro atoms. The standard InChI is InChI=1S/C18H18F5N3O/c1-2-10(11-5-3-4-6-12(11)18(21,22)23)14-13(15(16(19)20)26-25-14)17(27)24-9-7-8-9/h3-6,9-10,16H,2,7-8H2,1H3,(H,24,27)(H,25,26). The van der Waals surface area contributed by atoms with Crippen LogP contribution in [0.2, 0.25) is 0 Å². The predicted octanol–water partition coefficient (Wildman–Crippen LogP) is 4.80. The van der Waals surface area contributed by atoms with Crippen LogP contribution >= 0.6 is 0 Å². The quantitative estimate of drug-likeness (QED) is 0.700. The van der Waals surface area contributed by atoms with Crippen molar-refractivity contribution in [3.63, 3.8) is 0 Å². The lowest BCUT2D eigenvalue weighted by molar-refractivity contribution is -0.138. The van der Waals surface area contributed by atoms with Crippen LogP contribution in [0.1, 0.15) is 71.4 Å². The SMILES string of the molecule is CCC(c1ccccc1C(F)(F)F)c1[nH]nc(C(F)F)c1C(=O)NC1CC1. The van der Waals surface area contributed by atoms with Gasteiger partial charge in [-0.1, -0.05) is 25.1 Å². The van der Waals surface area contributed by atoms with Crippen molar-refractivity contribution in [1.82, 2.24) is 15.5 Å². The number of H-pyrrole nitrogens is 1. The summed E-state index contributed by atoms with van der Waals surface area (Å²) in [6.07, 6.45) is -5.97. The molecule has 1 amide bonds. The molecule has 2 N–H and O–H groups in total. The first-order valence-corrected chi connectivity index (χ1v) is 8.57. The lowest BCUT2D eigenvalue weighted by Gasteiger charge is -2.21. The number of carbonyl (C=O) groups excluding carboxylic acids is 1. The molecule has 1 aromatic heterocycles. The molecule has 0 radical (unpaired) electrons. The highest BCUT2D eigenvalue weighted by molar-refractivity contribution is 5.97. The third-order valence-electron chi connectivity index (χ3n) is 4.57. The van der Waals surface area contributed by atoms with Crippen LogP contribution in [0.4, 0.5) is 22.0 Å². The molecule has 146 valence electrons. The maximum Gasteiger partial charge on any atom is 0.416 e. The number of benzene rings is 1. The fraction of sp³-hybridized carbons (Fsp3) is 0.444. The molecule has 0 bridgehead atoms. The summed E-state index contributed by atoms with van der Waals surface area (Å²) in [6, 6.07) is 4.85. The zero-order valence-electron chi connectivity index (χ0n) is 14.4. The molecule has 0 saturated heterocycles. The van der Waals surface area contributed by atoms with Crippen LogP contribution in [-0.2, 0) is 6.18 Å². The summed E-state index contributed by atoms with van der Waals surface area (Å²) in [5.41, 5.74) is -2.08. The number of aromatic nitrogens is 2. The summed E-state index contributed by atoms with van der Waals surface area (Å²) in [7, 11) is 0. The lowest BCUT2D eigenvalue weighted by Crippen LogP contribution is -2.27. The largest absolute Gasteiger partial charge is 0.416 e. The first kappa shape index (κ1) is 19.3. The van der Waals surface area contributed by atoms with E-state index in [0.717, 1.165) is 18.9 Å². The Morgan fingerprint density at radius 3 is 2.52 bits per heavy atom. The summed E-state index contributed by atoms with van der Waals surface area (Å²) in [5.74, 6) is -1.66. The zero-order chi connectivity index (χ0) is 19.8. The number of halogens is 5. The van der Waals surface area contributed by atoms with E-state index < -0.39 is 35.7 Å². The molecule has 27 heavy (non-hydrogen) atoms. The summed E-state index contributed by atoms with van der Waals surface area (Å²) in [6.45, 7) is 1.63. The maximum absolute atomic E-state index is 13.4. The smallest absolute Gasteiger partial charge is 0.349 e. The molecule has 3 rings (SSSR count). The average molecular weight is 387 g/mol. The van der Waals surface area contributed by atoms with Gasteiger partial charge in [-0.25, -0.2) is 8.78 Å². The molecular weight excluding hydrogens is 369 g/mol. The minimum atomic E-state index is -4.61. The second kappa shape index (κ2) is 7.28. The minimum Gasteiger partial charge on any atom is -0.349 e. The van der Waals surface area contributed by atoms with Crippen LogP contribution in [0.25, 0.3) is 0 Å². The third kappa shape index (κ3) is 3.96. The molecule has 2 aromatic rings. The van der Waals surface area contributed by atoms with Gasteiger partial charge in [0.05, 0.1) is 16.8 Å². The van der Waals surface area contributed by atoms with Gasteiger partial charge in [0, 0.05) is 12.0 Å². The van der Waals surface area contributed by atoms with Crippen LogP contribution in [0.5, 0.6) is 0 Å². The van der Waals surface area contributed by atoms with E-state index in [0.29, 0.717) is 0 Å². The Morgan fingerprint density at radius 2 is 1.96 bits per heavy atom. The summed E-state index contributed by atoms with van der Waals surface area (Å²) in [4.78, 5) is 12.5. The number of carbonyl (C=O) groups is 1. The van der Waals surface area contributed by atoms with Crippen molar-refractivity contribution in [3.05, 3.63) is 52.3 Å². The van der Waals surface area contributed by atoms with Gasteiger partial charge >= 0.3 is 6.18 Å². The summed E-state index contributed by atoms with van der Waals surface area (Å²) >= 11 is 0. The normalized spacial score (nSPS) is 15.8. The first-order valence-electron chi connectivity index (χ1n) is 8.57. The topological polar surface area (TPSA) is 57.8 Å². The van der Waals surface area contributed by atoms with Crippen molar-refractivity contribution in [1.29, 1.82) is 0 Å². The Kier molecular flexibility index (Phi) is 5.21. The molecule has 1 saturated carbocycles. The van der Waals surface area contributed by atoms with Gasteiger partial charge in [0.25, 0.3) is 12.3 Å². The Bertz CT molecular complexity index is 827. The molecule has 1 unspecified atom stereocenters. The van der Waals surface area contributed by atoms with E-state index in [1.807, 2.05) is 0 Å². The van der Waals surface area contributed by atoms with Crippen molar-refractivity contribution >= 4 is 5.91 Å². The fourth-order valence-electron chi connectivity index (χ4n) is 3.14. The third-order valence-corrected chi connectivity index (χ3v) is 4.57. The Labute approximate surface area is 152 Å². The van der Waals surface area contributed by atoms with Gasteiger partial charge in [-0.3, -0.25) is 9.89 Å². The molecule has 0 aliphatic heterocycles. The van der Waals surface area contributed by atoms with E-state index in [1.165, 1.54) is 18.2 Å². The molecular formula is C18H18F5N3O. The highest BCUT2D eigenvalue weighted by atomic mass is 19.4. The number of rotatable bonds is 6. The van der Waals surface area contributed by atoms with Crippen LogP contribution in [-0.4, -0.2) is 22.1 Å². The van der Waals surface area contributed by atoms with Crippen molar-refractivity contribution in [2.24, 2.45) is 0 Å². The Morgan fingerprint density at radius 1 is 1.30 bits per heavy atom. The Hall–Kier alpha value is -2.45. The van der Waals surface area contributed by atoms with Gasteiger partial charge < -0.3 is 5.32 Å². The van der Waals surface area contributed by atoms with Crippen LogP contribution in [0.3, 0.4) is 0 Å². The highest BCUT2D eigenvalue weighted by Gasteiger charge is 2.38. The molecule has 1 heterocycles. The molecule has 1 atom stereocenters. The van der Waals surface area contributed by atoms with Crippen LogP contribution in [0, 0.1) is 0 Å². The van der Waals surface area contributed by atoms with Crippen molar-refractivity contribution < 1.29 is 26.7 Å². The highest BCUT2D eigenvalue weighted by Crippen LogP contribution is 2.40. The van der Waals surface area contributed by atoms with E-state index in [9.17, 15) is 26.7 Å². The molecule has 1 aliphatic carbocycles. The van der Waals surface area contributed by atoms with Gasteiger partial charge in [0.2, 0.25) is 0 Å². The van der Waals surface area contributed by atoms with Crippen LogP contribution < -0.4 is 5.32 Å². The van der Waals surface area contributed by atoms with E-state index in [4.69, 9.17) is 0 Å². The number of amides is 1. The first-order chi connectivity index (χ1) is 12.7. The molecule has 1 aromatic carbocycles. The van der Waals surface area contributed by atoms with Gasteiger partial charge in [0.1, 0.15) is 5.69 Å². The number of hydrogen-bond donors (Lipinski definition) is 2. The molecule has 9 heteroatoms. The van der Waals surface area contributed by atoms with Crippen molar-refractivity contribution in [3.8, 4) is 0 Å². The van der Waals surface area contributed by atoms with Gasteiger partial charge in [-0.15, -0.1) is 0 Å². The lowest BCUT2D eigenvalue weighted by atomic mass is 9.87. The summed E-state index contributed by atoms with van der Waals surface area (Å²) < 4.78 is 66.9. The van der Waals surface area contributed by atoms with E-state index in [-0.39, 0.29) is 29.3 Å². The second-order valence-electron chi connectivity index (χ2n) is 6.49. The van der Waals surface area contributed by atoms with E-state index >= 15 is 0 Å². The van der Waals surface area contributed by atoms with E-state index in [1.54, 1.807) is 6.92 Å². The Balaban J connectivity index is 2.10. The van der Waals surface area contributed by atoms with Crippen molar-refractivity contribution in [2.75, 3.05) is 0 Å². The number of aromatic amines is 1. The summed E-state index contributed by atoms with van der Waals surface area (Å²) in [5, 5.41) is 8.55. The van der Waals surface area contributed by atoms with Crippen molar-refractivity contribution in [2.45, 2.75) is 50.7 Å². The predicted molar refractivity (Wildman–Crippen MR) is 87.6 cm³/mol. The van der Waals surface area contributed by atoms with Crippen LogP contribution in [0.15, 0.2) is 24.3 Å². The van der Waals surface area contributed by atoms with Gasteiger partial charge in [0.15, 0.2) is 0 Å². The molecule has 1 fully saturated rings. The molecule has 1 aliphatic rings. The van der Waals surface area contributed by atoms with Gasteiger partial charge in [-0.2, -0.15) is 18.3 Å². The fourth-order valence-corrected chi connectivity index (χ4v) is 3.14. The monoisotopic (exact) mass is 387 g/mol. The van der Waals surface area contributed by atoms with E-state index in [2.05, 4.69) is 15.5 Å². The number of hydrogen-bond acceptors (Lipinski definition) is 2. The molecule has 4 nitrogen and oxygen atoms in total. The average Bonchev–Trinajstić information content (AvgIpc) is 3.30. The number of nitrogens with one attached hydrogen (secondary N) is 2. The maximum atomic E-state index is 13.4. The number of alkyl halides is 5. The zero-order valence-corrected chi connectivity index (χ0v) is 14.4. The van der Waals surface area contributed by atoms with Gasteiger partial charge in [-0.05, 0) is 30.9 Å². The minimum absolute atomic E-state index is 0.0253. The number of nitrogens with zero attached hydrogens (tertiary/aromatic N) is 1. The second-order valence-corrected chi connectivity index (χ2v) is 6.49.